The van der Waals surface area contributed by atoms with Crippen LogP contribution in [0.15, 0.2) is 53.4 Å². The summed E-state index contributed by atoms with van der Waals surface area (Å²) in [7, 11) is -1.74. The molecule has 2 aromatic rings. The number of hydrogen-bond donors (Lipinski definition) is 1. The molecule has 134 valence electrons. The molecule has 0 spiro atoms. The van der Waals surface area contributed by atoms with E-state index in [0.717, 1.165) is 0 Å². The third-order valence-electron chi connectivity index (χ3n) is 3.48. The summed E-state index contributed by atoms with van der Waals surface area (Å²) in [5.74, 6) is -0.357. The van der Waals surface area contributed by atoms with Crippen LogP contribution in [0.25, 0.3) is 0 Å². The number of carbonyl (C=O) groups excluding carboxylic acids is 1. The van der Waals surface area contributed by atoms with Gasteiger partial charge in [-0.3, -0.25) is 9.69 Å². The SMILES string of the molecule is CN(CCS(=O)(=O)c1ccc(Cl)cc1)CC(=O)Nc1ccccc1Cl. The molecule has 0 fully saturated rings. The largest absolute Gasteiger partial charge is 0.324 e. The van der Waals surface area contributed by atoms with E-state index in [9.17, 15) is 13.2 Å². The van der Waals surface area contributed by atoms with E-state index in [-0.39, 0.29) is 29.6 Å². The molecule has 0 saturated heterocycles. The van der Waals surface area contributed by atoms with Crippen LogP contribution in [-0.4, -0.2) is 45.1 Å². The van der Waals surface area contributed by atoms with Gasteiger partial charge < -0.3 is 5.32 Å². The molecule has 0 bridgehead atoms. The van der Waals surface area contributed by atoms with Crippen LogP contribution in [0.4, 0.5) is 5.69 Å². The predicted octanol–water partition coefficient (Wildman–Crippen LogP) is 3.34. The number of likely N-dealkylation sites (N-methyl/N-ethyl adjacent to an activating group) is 1. The summed E-state index contributed by atoms with van der Waals surface area (Å²) in [5.41, 5.74) is 0.524. The van der Waals surface area contributed by atoms with Crippen LogP contribution >= 0.6 is 23.2 Å². The van der Waals surface area contributed by atoms with E-state index in [2.05, 4.69) is 5.32 Å². The minimum atomic E-state index is -3.43. The van der Waals surface area contributed by atoms with Crippen molar-refractivity contribution in [2.24, 2.45) is 0 Å². The van der Waals surface area contributed by atoms with Gasteiger partial charge in [0.05, 0.1) is 27.9 Å². The number of sulfone groups is 1. The Bertz CT molecular complexity index is 839. The molecular formula is C17H18Cl2N2O3S. The summed E-state index contributed by atoms with van der Waals surface area (Å²) in [6.07, 6.45) is 0. The third-order valence-corrected chi connectivity index (χ3v) is 5.77. The Hall–Kier alpha value is -1.60. The Morgan fingerprint density at radius 3 is 2.36 bits per heavy atom. The van der Waals surface area contributed by atoms with E-state index in [0.29, 0.717) is 15.7 Å². The summed E-state index contributed by atoms with van der Waals surface area (Å²) in [4.78, 5) is 13.9. The van der Waals surface area contributed by atoms with Crippen molar-refractivity contribution in [1.82, 2.24) is 4.90 Å². The van der Waals surface area contributed by atoms with Crippen LogP contribution in [0, 0.1) is 0 Å². The van der Waals surface area contributed by atoms with Crippen molar-refractivity contribution in [3.05, 3.63) is 58.6 Å². The molecule has 0 atom stereocenters. The molecule has 0 aliphatic rings. The summed E-state index contributed by atoms with van der Waals surface area (Å²) >= 11 is 11.8. The Morgan fingerprint density at radius 2 is 1.72 bits per heavy atom. The number of halogens is 2. The number of para-hydroxylation sites is 1. The average Bonchev–Trinajstić information content (AvgIpc) is 2.55. The number of hydrogen-bond acceptors (Lipinski definition) is 4. The molecule has 0 aliphatic heterocycles. The highest BCUT2D eigenvalue weighted by Crippen LogP contribution is 2.20. The number of anilines is 1. The number of nitrogens with zero attached hydrogens (tertiary/aromatic N) is 1. The zero-order valence-electron chi connectivity index (χ0n) is 13.6. The second-order valence-corrected chi connectivity index (χ2v) is 8.49. The molecule has 0 radical (unpaired) electrons. The molecule has 1 N–H and O–H groups in total. The quantitative estimate of drug-likeness (QED) is 0.773. The Morgan fingerprint density at radius 1 is 1.08 bits per heavy atom. The second-order valence-electron chi connectivity index (χ2n) is 5.54. The zero-order chi connectivity index (χ0) is 18.4. The fourth-order valence-electron chi connectivity index (χ4n) is 2.11. The molecule has 2 aromatic carbocycles. The van der Waals surface area contributed by atoms with Gasteiger partial charge in [-0.1, -0.05) is 35.3 Å². The van der Waals surface area contributed by atoms with Crippen molar-refractivity contribution in [1.29, 1.82) is 0 Å². The van der Waals surface area contributed by atoms with Gasteiger partial charge in [0.25, 0.3) is 0 Å². The van der Waals surface area contributed by atoms with Gasteiger partial charge in [0.2, 0.25) is 5.91 Å². The van der Waals surface area contributed by atoms with Crippen LogP contribution in [0.5, 0.6) is 0 Å². The van der Waals surface area contributed by atoms with Crippen LogP contribution in [0.2, 0.25) is 10.0 Å². The first-order valence-corrected chi connectivity index (χ1v) is 9.90. The molecule has 5 nitrogen and oxygen atoms in total. The first-order chi connectivity index (χ1) is 11.8. The topological polar surface area (TPSA) is 66.5 Å². The first-order valence-electron chi connectivity index (χ1n) is 7.49. The Balaban J connectivity index is 1.87. The second kappa shape index (κ2) is 8.67. The van der Waals surface area contributed by atoms with Gasteiger partial charge in [0, 0.05) is 11.6 Å². The maximum atomic E-state index is 12.3. The predicted molar refractivity (Wildman–Crippen MR) is 101 cm³/mol. The fraction of sp³-hybridized carbons (Fsp3) is 0.235. The molecule has 0 aromatic heterocycles. The lowest BCUT2D eigenvalue weighted by molar-refractivity contribution is -0.117. The van der Waals surface area contributed by atoms with E-state index in [1.165, 1.54) is 24.3 Å². The lowest BCUT2D eigenvalue weighted by Crippen LogP contribution is -2.33. The van der Waals surface area contributed by atoms with Crippen molar-refractivity contribution in [2.45, 2.75) is 4.90 Å². The number of benzene rings is 2. The number of nitrogens with one attached hydrogen (secondary N) is 1. The molecule has 8 heteroatoms. The Kier molecular flexibility index (Phi) is 6.84. The third kappa shape index (κ3) is 6.01. The fourth-order valence-corrected chi connectivity index (χ4v) is 3.76. The van der Waals surface area contributed by atoms with Crippen molar-refractivity contribution >= 4 is 44.6 Å². The Labute approximate surface area is 157 Å². The van der Waals surface area contributed by atoms with Crippen LogP contribution < -0.4 is 5.32 Å². The van der Waals surface area contributed by atoms with Crippen LogP contribution in [-0.2, 0) is 14.6 Å². The zero-order valence-corrected chi connectivity index (χ0v) is 15.9. The van der Waals surface area contributed by atoms with E-state index >= 15 is 0 Å². The monoisotopic (exact) mass is 400 g/mol. The number of carbonyl (C=O) groups is 1. The average molecular weight is 401 g/mol. The van der Waals surface area contributed by atoms with Gasteiger partial charge in [-0.05, 0) is 43.4 Å². The first kappa shape index (κ1) is 19.7. The minimum Gasteiger partial charge on any atom is -0.324 e. The normalized spacial score (nSPS) is 11.5. The minimum absolute atomic E-state index is 0.0569. The van der Waals surface area contributed by atoms with Crippen molar-refractivity contribution in [2.75, 3.05) is 31.2 Å². The lowest BCUT2D eigenvalue weighted by atomic mass is 10.3. The maximum Gasteiger partial charge on any atom is 0.238 e. The van der Waals surface area contributed by atoms with Crippen LogP contribution in [0.3, 0.4) is 0 Å². The summed E-state index contributed by atoms with van der Waals surface area (Å²) in [5, 5.41) is 3.63. The van der Waals surface area contributed by atoms with E-state index < -0.39 is 9.84 Å². The van der Waals surface area contributed by atoms with Gasteiger partial charge in [0.1, 0.15) is 0 Å². The standard InChI is InChI=1S/C17H18Cl2N2O3S/c1-21(12-17(22)20-16-5-3-2-4-15(16)19)10-11-25(23,24)14-8-6-13(18)7-9-14/h2-9H,10-12H2,1H3,(H,20,22). The van der Waals surface area contributed by atoms with Crippen molar-refractivity contribution in [3.63, 3.8) is 0 Å². The summed E-state index contributed by atoms with van der Waals surface area (Å²) < 4.78 is 24.6. The van der Waals surface area contributed by atoms with Gasteiger partial charge in [-0.25, -0.2) is 8.42 Å². The van der Waals surface area contributed by atoms with Gasteiger partial charge in [-0.15, -0.1) is 0 Å². The maximum absolute atomic E-state index is 12.3. The highest BCUT2D eigenvalue weighted by atomic mass is 35.5. The van der Waals surface area contributed by atoms with Crippen LogP contribution in [0.1, 0.15) is 0 Å². The molecule has 0 saturated carbocycles. The number of rotatable bonds is 7. The van der Waals surface area contributed by atoms with Crippen molar-refractivity contribution in [3.8, 4) is 0 Å². The highest BCUT2D eigenvalue weighted by molar-refractivity contribution is 7.91. The number of amides is 1. The van der Waals surface area contributed by atoms with E-state index in [4.69, 9.17) is 23.2 Å². The lowest BCUT2D eigenvalue weighted by Gasteiger charge is -2.16. The molecule has 25 heavy (non-hydrogen) atoms. The summed E-state index contributed by atoms with van der Waals surface area (Å²) in [6, 6.07) is 12.9. The highest BCUT2D eigenvalue weighted by Gasteiger charge is 2.16. The van der Waals surface area contributed by atoms with Gasteiger partial charge in [-0.2, -0.15) is 0 Å². The molecule has 0 unspecified atom stereocenters. The smallest absolute Gasteiger partial charge is 0.238 e. The van der Waals surface area contributed by atoms with E-state index in [1.54, 1.807) is 36.2 Å². The molecular weight excluding hydrogens is 383 g/mol. The summed E-state index contributed by atoms with van der Waals surface area (Å²) in [6.45, 7) is 0.280. The van der Waals surface area contributed by atoms with Gasteiger partial charge >= 0.3 is 0 Å². The molecule has 0 aliphatic carbocycles. The van der Waals surface area contributed by atoms with Gasteiger partial charge in [0.15, 0.2) is 9.84 Å². The van der Waals surface area contributed by atoms with Crippen molar-refractivity contribution < 1.29 is 13.2 Å². The molecule has 1 amide bonds. The molecule has 2 rings (SSSR count). The molecule has 0 heterocycles. The van der Waals surface area contributed by atoms with E-state index in [1.807, 2.05) is 0 Å².